The summed E-state index contributed by atoms with van der Waals surface area (Å²) in [4.78, 5) is 0.631. The van der Waals surface area contributed by atoms with Gasteiger partial charge in [0.2, 0.25) is 0 Å². The summed E-state index contributed by atoms with van der Waals surface area (Å²) >= 11 is 7.29. The van der Waals surface area contributed by atoms with Crippen molar-refractivity contribution in [3.8, 4) is 0 Å². The SMILES string of the molecule is CCOP(=O)(OCC)[C@H](N)c1sccc1Cl. The molecule has 0 aromatic carbocycles. The van der Waals surface area contributed by atoms with Crippen molar-refractivity contribution in [3.63, 3.8) is 0 Å². The highest BCUT2D eigenvalue weighted by molar-refractivity contribution is 7.54. The third-order valence-corrected chi connectivity index (χ3v) is 5.66. The Hall–Kier alpha value is 0.1000. The summed E-state index contributed by atoms with van der Waals surface area (Å²) in [7, 11) is -3.32. The summed E-state index contributed by atoms with van der Waals surface area (Å²) in [5.74, 6) is -0.820. The molecule has 0 unspecified atom stereocenters. The van der Waals surface area contributed by atoms with Crippen LogP contribution in [-0.4, -0.2) is 13.2 Å². The number of nitrogens with two attached hydrogens (primary N) is 1. The molecule has 1 aromatic heterocycles. The molecule has 0 bridgehead atoms. The normalized spacial score (nSPS) is 14.0. The van der Waals surface area contributed by atoms with Gasteiger partial charge in [-0.15, -0.1) is 11.3 Å². The Morgan fingerprint density at radius 3 is 2.44 bits per heavy atom. The molecule has 0 aliphatic heterocycles. The van der Waals surface area contributed by atoms with E-state index in [4.69, 9.17) is 26.4 Å². The van der Waals surface area contributed by atoms with Crippen LogP contribution in [0.4, 0.5) is 0 Å². The maximum absolute atomic E-state index is 12.3. The molecule has 2 N–H and O–H groups in total. The fraction of sp³-hybridized carbons (Fsp3) is 0.556. The van der Waals surface area contributed by atoms with Crippen molar-refractivity contribution in [3.05, 3.63) is 21.3 Å². The molecule has 7 heteroatoms. The minimum Gasteiger partial charge on any atom is -0.313 e. The molecule has 0 saturated heterocycles. The van der Waals surface area contributed by atoms with E-state index in [0.29, 0.717) is 9.90 Å². The van der Waals surface area contributed by atoms with Crippen molar-refractivity contribution in [2.45, 2.75) is 19.6 Å². The van der Waals surface area contributed by atoms with Gasteiger partial charge in [0.15, 0.2) is 0 Å². The Balaban J connectivity index is 2.95. The fourth-order valence-corrected chi connectivity index (χ4v) is 4.47. The zero-order valence-corrected chi connectivity index (χ0v) is 11.6. The van der Waals surface area contributed by atoms with Crippen LogP contribution in [0.5, 0.6) is 0 Å². The van der Waals surface area contributed by atoms with Gasteiger partial charge in [-0.3, -0.25) is 4.57 Å². The third kappa shape index (κ3) is 3.06. The quantitative estimate of drug-likeness (QED) is 0.810. The van der Waals surface area contributed by atoms with E-state index >= 15 is 0 Å². The molecule has 0 radical (unpaired) electrons. The van der Waals surface area contributed by atoms with Gasteiger partial charge in [0, 0.05) is 0 Å². The molecule has 1 aromatic rings. The minimum absolute atomic E-state index is 0.286. The van der Waals surface area contributed by atoms with E-state index in [2.05, 4.69) is 0 Å². The molecular weight excluding hydrogens is 269 g/mol. The van der Waals surface area contributed by atoms with Crippen molar-refractivity contribution in [2.75, 3.05) is 13.2 Å². The third-order valence-electron chi connectivity index (χ3n) is 1.87. The van der Waals surface area contributed by atoms with E-state index in [9.17, 15) is 4.57 Å². The molecule has 1 atom stereocenters. The molecule has 0 saturated carbocycles. The Bertz CT molecular complexity index is 375. The lowest BCUT2D eigenvalue weighted by Crippen LogP contribution is -2.14. The van der Waals surface area contributed by atoms with Crippen LogP contribution >= 0.6 is 30.5 Å². The van der Waals surface area contributed by atoms with Crippen LogP contribution in [0.2, 0.25) is 5.02 Å². The average molecular weight is 284 g/mol. The highest BCUT2D eigenvalue weighted by Crippen LogP contribution is 2.59. The first-order valence-electron chi connectivity index (χ1n) is 4.92. The molecular formula is C9H15ClNO3PS. The number of halogens is 1. The molecule has 0 fully saturated rings. The molecule has 16 heavy (non-hydrogen) atoms. The predicted molar refractivity (Wildman–Crippen MR) is 67.1 cm³/mol. The molecule has 1 heterocycles. The average Bonchev–Trinajstić information content (AvgIpc) is 2.64. The minimum atomic E-state index is -3.32. The van der Waals surface area contributed by atoms with Gasteiger partial charge in [-0.25, -0.2) is 0 Å². The van der Waals surface area contributed by atoms with Crippen LogP contribution in [0.25, 0.3) is 0 Å². The van der Waals surface area contributed by atoms with Gasteiger partial charge in [0.05, 0.1) is 23.1 Å². The maximum Gasteiger partial charge on any atom is 0.352 e. The number of hydrogen-bond donors (Lipinski definition) is 1. The van der Waals surface area contributed by atoms with Gasteiger partial charge in [0.25, 0.3) is 0 Å². The highest BCUT2D eigenvalue weighted by atomic mass is 35.5. The summed E-state index contributed by atoms with van der Waals surface area (Å²) in [5, 5.41) is 2.29. The maximum atomic E-state index is 12.3. The summed E-state index contributed by atoms with van der Waals surface area (Å²) in [5.41, 5.74) is 5.90. The topological polar surface area (TPSA) is 61.5 Å². The van der Waals surface area contributed by atoms with E-state index in [1.807, 2.05) is 0 Å². The zero-order valence-electron chi connectivity index (χ0n) is 9.18. The number of rotatable bonds is 6. The van der Waals surface area contributed by atoms with E-state index in [1.54, 1.807) is 25.3 Å². The number of hydrogen-bond acceptors (Lipinski definition) is 5. The summed E-state index contributed by atoms with van der Waals surface area (Å²) in [6.07, 6.45) is 0. The van der Waals surface area contributed by atoms with Crippen molar-refractivity contribution in [2.24, 2.45) is 5.73 Å². The van der Waals surface area contributed by atoms with Crippen LogP contribution in [-0.2, 0) is 13.6 Å². The zero-order chi connectivity index (χ0) is 12.2. The van der Waals surface area contributed by atoms with Crippen LogP contribution in [0.1, 0.15) is 24.5 Å². The standard InChI is InChI=1S/C9H15ClNO3PS/c1-3-13-15(12,14-4-2)9(11)8-7(10)5-6-16-8/h5-6,9H,3-4,11H2,1-2H3/t9-/m0/s1. The summed E-state index contributed by atoms with van der Waals surface area (Å²) in [6.45, 7) is 4.06. The smallest absolute Gasteiger partial charge is 0.313 e. The monoisotopic (exact) mass is 283 g/mol. The largest absolute Gasteiger partial charge is 0.352 e. The Labute approximate surface area is 104 Å². The van der Waals surface area contributed by atoms with E-state index in [0.717, 1.165) is 0 Å². The lowest BCUT2D eigenvalue weighted by molar-refractivity contribution is 0.212. The fourth-order valence-electron chi connectivity index (χ4n) is 1.22. The van der Waals surface area contributed by atoms with E-state index in [1.165, 1.54) is 11.3 Å². The predicted octanol–water partition coefficient (Wildman–Crippen LogP) is 3.62. The van der Waals surface area contributed by atoms with Crippen molar-refractivity contribution in [1.29, 1.82) is 0 Å². The van der Waals surface area contributed by atoms with Crippen LogP contribution in [0.3, 0.4) is 0 Å². The molecule has 0 aliphatic rings. The second-order valence-electron chi connectivity index (χ2n) is 2.95. The van der Waals surface area contributed by atoms with Crippen molar-refractivity contribution in [1.82, 2.24) is 0 Å². The van der Waals surface area contributed by atoms with E-state index in [-0.39, 0.29) is 13.2 Å². The van der Waals surface area contributed by atoms with Gasteiger partial charge >= 0.3 is 7.60 Å². The molecule has 0 amide bonds. The first kappa shape index (κ1) is 14.2. The molecule has 4 nitrogen and oxygen atoms in total. The molecule has 0 spiro atoms. The van der Waals surface area contributed by atoms with Gasteiger partial charge in [-0.2, -0.15) is 0 Å². The Morgan fingerprint density at radius 1 is 1.50 bits per heavy atom. The molecule has 0 aliphatic carbocycles. The van der Waals surface area contributed by atoms with Gasteiger partial charge in [-0.1, -0.05) is 11.6 Å². The highest BCUT2D eigenvalue weighted by Gasteiger charge is 2.35. The van der Waals surface area contributed by atoms with Crippen LogP contribution in [0.15, 0.2) is 11.4 Å². The summed E-state index contributed by atoms with van der Waals surface area (Å²) < 4.78 is 22.7. The Kier molecular flexibility index (Phi) is 5.44. The first-order valence-corrected chi connectivity index (χ1v) is 7.79. The van der Waals surface area contributed by atoms with Gasteiger partial charge < -0.3 is 14.8 Å². The van der Waals surface area contributed by atoms with Crippen molar-refractivity contribution < 1.29 is 13.6 Å². The molecule has 92 valence electrons. The van der Waals surface area contributed by atoms with Gasteiger partial charge in [0.1, 0.15) is 5.78 Å². The van der Waals surface area contributed by atoms with Crippen molar-refractivity contribution >= 4 is 30.5 Å². The van der Waals surface area contributed by atoms with E-state index < -0.39 is 13.4 Å². The van der Waals surface area contributed by atoms with Gasteiger partial charge in [-0.05, 0) is 25.3 Å². The lowest BCUT2D eigenvalue weighted by Gasteiger charge is -2.22. The molecule has 1 rings (SSSR count). The van der Waals surface area contributed by atoms with Crippen LogP contribution in [0, 0.1) is 0 Å². The first-order chi connectivity index (χ1) is 7.55. The Morgan fingerprint density at radius 2 is 2.06 bits per heavy atom. The second-order valence-corrected chi connectivity index (χ2v) is 6.46. The lowest BCUT2D eigenvalue weighted by atomic mass is 10.5. The second kappa shape index (κ2) is 6.15. The van der Waals surface area contributed by atoms with Crippen LogP contribution < -0.4 is 5.73 Å². The summed E-state index contributed by atoms with van der Waals surface area (Å²) in [6, 6.07) is 1.71. The number of thiophene rings is 1.